The summed E-state index contributed by atoms with van der Waals surface area (Å²) in [5, 5.41) is 9.23. The highest BCUT2D eigenvalue weighted by atomic mass is 35.5. The molecule has 0 spiro atoms. The minimum Gasteiger partial charge on any atom is -0.491 e. The maximum atomic E-state index is 9.23. The van der Waals surface area contributed by atoms with Gasteiger partial charge in [0.2, 0.25) is 0 Å². The molecule has 0 heterocycles. The molecular formula is C11H16ClNO2. The lowest BCUT2D eigenvalue weighted by molar-refractivity contribution is 0.125. The number of rotatable bonds is 5. The van der Waals surface area contributed by atoms with Crippen LogP contribution in [0.5, 0.6) is 5.75 Å². The van der Waals surface area contributed by atoms with Gasteiger partial charge >= 0.3 is 0 Å². The van der Waals surface area contributed by atoms with Crippen LogP contribution < -0.4 is 9.64 Å². The lowest BCUT2D eigenvalue weighted by Gasteiger charge is -2.14. The fourth-order valence-corrected chi connectivity index (χ4v) is 1.18. The SMILES string of the molecule is CN(C)c1cccc(OCC(O)CCl)c1. The molecule has 1 N–H and O–H groups in total. The number of aliphatic hydroxyl groups excluding tert-OH is 1. The van der Waals surface area contributed by atoms with Crippen LogP contribution in [-0.4, -0.2) is 37.8 Å². The van der Waals surface area contributed by atoms with Gasteiger partial charge in [0.1, 0.15) is 18.5 Å². The Morgan fingerprint density at radius 3 is 2.80 bits per heavy atom. The largest absolute Gasteiger partial charge is 0.491 e. The Bertz CT molecular complexity index is 304. The van der Waals surface area contributed by atoms with E-state index in [0.717, 1.165) is 11.4 Å². The van der Waals surface area contributed by atoms with Crippen LogP contribution in [0.1, 0.15) is 0 Å². The van der Waals surface area contributed by atoms with Crippen molar-refractivity contribution in [2.45, 2.75) is 6.10 Å². The highest BCUT2D eigenvalue weighted by Crippen LogP contribution is 2.19. The van der Waals surface area contributed by atoms with E-state index in [0.29, 0.717) is 0 Å². The number of halogens is 1. The molecule has 0 fully saturated rings. The molecule has 0 radical (unpaired) electrons. The molecule has 15 heavy (non-hydrogen) atoms. The number of anilines is 1. The number of aliphatic hydroxyl groups is 1. The second-order valence-electron chi connectivity index (χ2n) is 3.51. The average Bonchev–Trinajstić information content (AvgIpc) is 2.26. The molecule has 0 bridgehead atoms. The van der Waals surface area contributed by atoms with Crippen LogP contribution in [0.25, 0.3) is 0 Å². The van der Waals surface area contributed by atoms with Gasteiger partial charge in [-0.25, -0.2) is 0 Å². The predicted molar refractivity (Wildman–Crippen MR) is 63.0 cm³/mol. The van der Waals surface area contributed by atoms with E-state index in [2.05, 4.69) is 0 Å². The van der Waals surface area contributed by atoms with E-state index >= 15 is 0 Å². The van der Waals surface area contributed by atoms with Crippen molar-refractivity contribution in [2.24, 2.45) is 0 Å². The van der Waals surface area contributed by atoms with Crippen molar-refractivity contribution in [3.63, 3.8) is 0 Å². The summed E-state index contributed by atoms with van der Waals surface area (Å²) >= 11 is 5.46. The van der Waals surface area contributed by atoms with Crippen LogP contribution in [-0.2, 0) is 0 Å². The van der Waals surface area contributed by atoms with Gasteiger partial charge in [-0.3, -0.25) is 0 Å². The highest BCUT2D eigenvalue weighted by molar-refractivity contribution is 6.18. The summed E-state index contributed by atoms with van der Waals surface area (Å²) in [4.78, 5) is 1.99. The molecule has 1 aromatic rings. The summed E-state index contributed by atoms with van der Waals surface area (Å²) in [6.45, 7) is 0.223. The zero-order chi connectivity index (χ0) is 11.3. The molecule has 0 saturated heterocycles. The Balaban J connectivity index is 2.58. The first-order valence-electron chi connectivity index (χ1n) is 4.77. The van der Waals surface area contributed by atoms with E-state index < -0.39 is 6.10 Å². The summed E-state index contributed by atoms with van der Waals surface area (Å²) in [6, 6.07) is 7.68. The minimum absolute atomic E-state index is 0.188. The van der Waals surface area contributed by atoms with E-state index in [1.165, 1.54) is 0 Å². The molecule has 0 saturated carbocycles. The van der Waals surface area contributed by atoms with Crippen LogP contribution in [0, 0.1) is 0 Å². The van der Waals surface area contributed by atoms with Crippen molar-refractivity contribution < 1.29 is 9.84 Å². The van der Waals surface area contributed by atoms with Gasteiger partial charge in [-0.05, 0) is 12.1 Å². The summed E-state index contributed by atoms with van der Waals surface area (Å²) in [5.41, 5.74) is 1.06. The van der Waals surface area contributed by atoms with Gasteiger partial charge < -0.3 is 14.7 Å². The number of hydrogen-bond donors (Lipinski definition) is 1. The molecule has 0 aromatic heterocycles. The molecule has 0 aliphatic heterocycles. The smallest absolute Gasteiger partial charge is 0.121 e. The maximum Gasteiger partial charge on any atom is 0.121 e. The summed E-state index contributed by atoms with van der Waals surface area (Å²) in [5.74, 6) is 0.929. The number of alkyl halides is 1. The standard InChI is InChI=1S/C11H16ClNO2/c1-13(2)9-4-3-5-11(6-9)15-8-10(14)7-12/h3-6,10,14H,7-8H2,1-2H3. The zero-order valence-corrected chi connectivity index (χ0v) is 9.74. The van der Waals surface area contributed by atoms with Crippen molar-refractivity contribution in [1.29, 1.82) is 0 Å². The molecule has 0 aliphatic rings. The lowest BCUT2D eigenvalue weighted by Crippen LogP contribution is -2.19. The molecule has 1 atom stereocenters. The third kappa shape index (κ3) is 3.98. The van der Waals surface area contributed by atoms with E-state index in [-0.39, 0.29) is 12.5 Å². The average molecular weight is 230 g/mol. The van der Waals surface area contributed by atoms with Gasteiger partial charge in [0.15, 0.2) is 0 Å². The number of benzene rings is 1. The molecule has 84 valence electrons. The van der Waals surface area contributed by atoms with Crippen molar-refractivity contribution in [2.75, 3.05) is 31.5 Å². The molecule has 3 nitrogen and oxygen atoms in total. The van der Waals surface area contributed by atoms with Crippen molar-refractivity contribution in [3.8, 4) is 5.75 Å². The topological polar surface area (TPSA) is 32.7 Å². The van der Waals surface area contributed by atoms with Gasteiger partial charge in [0.25, 0.3) is 0 Å². The van der Waals surface area contributed by atoms with Gasteiger partial charge in [-0.2, -0.15) is 0 Å². The second kappa shape index (κ2) is 5.83. The minimum atomic E-state index is -0.616. The molecule has 1 rings (SSSR count). The van der Waals surface area contributed by atoms with Crippen LogP contribution in [0.4, 0.5) is 5.69 Å². The molecule has 1 unspecified atom stereocenters. The first-order valence-corrected chi connectivity index (χ1v) is 5.31. The number of nitrogens with zero attached hydrogens (tertiary/aromatic N) is 1. The Kier molecular flexibility index (Phi) is 4.72. The summed E-state index contributed by atoms with van der Waals surface area (Å²) in [7, 11) is 3.93. The van der Waals surface area contributed by atoms with E-state index in [1.54, 1.807) is 0 Å². The Labute approximate surface area is 95.2 Å². The van der Waals surface area contributed by atoms with Gasteiger partial charge in [0, 0.05) is 25.8 Å². The fourth-order valence-electron chi connectivity index (χ4n) is 1.09. The number of hydrogen-bond acceptors (Lipinski definition) is 3. The summed E-state index contributed by atoms with van der Waals surface area (Å²) < 4.78 is 5.39. The molecule has 0 aliphatic carbocycles. The fraction of sp³-hybridized carbons (Fsp3) is 0.455. The normalized spacial score (nSPS) is 12.3. The Hall–Kier alpha value is -0.930. The monoisotopic (exact) mass is 229 g/mol. The molecule has 4 heteroatoms. The third-order valence-corrected chi connectivity index (χ3v) is 2.31. The van der Waals surface area contributed by atoms with Crippen LogP contribution in [0.2, 0.25) is 0 Å². The molecule has 1 aromatic carbocycles. The van der Waals surface area contributed by atoms with E-state index in [4.69, 9.17) is 16.3 Å². The van der Waals surface area contributed by atoms with Crippen molar-refractivity contribution >= 4 is 17.3 Å². The lowest BCUT2D eigenvalue weighted by atomic mass is 10.3. The zero-order valence-electron chi connectivity index (χ0n) is 8.98. The van der Waals surface area contributed by atoms with E-state index in [1.807, 2.05) is 43.3 Å². The van der Waals surface area contributed by atoms with Crippen molar-refractivity contribution in [1.82, 2.24) is 0 Å². The first-order chi connectivity index (χ1) is 7.13. The highest BCUT2D eigenvalue weighted by Gasteiger charge is 2.03. The van der Waals surface area contributed by atoms with Crippen LogP contribution in [0.15, 0.2) is 24.3 Å². The van der Waals surface area contributed by atoms with Gasteiger partial charge in [-0.15, -0.1) is 11.6 Å². The van der Waals surface area contributed by atoms with Gasteiger partial charge in [-0.1, -0.05) is 6.07 Å². The predicted octanol–water partition coefficient (Wildman–Crippen LogP) is 1.73. The quantitative estimate of drug-likeness (QED) is 0.781. The van der Waals surface area contributed by atoms with E-state index in [9.17, 15) is 5.11 Å². The van der Waals surface area contributed by atoms with Crippen LogP contribution >= 0.6 is 11.6 Å². The van der Waals surface area contributed by atoms with Crippen LogP contribution in [0.3, 0.4) is 0 Å². The Morgan fingerprint density at radius 2 is 2.20 bits per heavy atom. The molecule has 0 amide bonds. The first kappa shape index (κ1) is 12.1. The summed E-state index contributed by atoms with van der Waals surface area (Å²) in [6.07, 6.45) is -0.616. The van der Waals surface area contributed by atoms with Gasteiger partial charge in [0.05, 0.1) is 5.88 Å². The second-order valence-corrected chi connectivity index (χ2v) is 3.82. The third-order valence-electron chi connectivity index (χ3n) is 1.95. The van der Waals surface area contributed by atoms with Crippen molar-refractivity contribution in [3.05, 3.63) is 24.3 Å². The maximum absolute atomic E-state index is 9.23. The Morgan fingerprint density at radius 1 is 1.47 bits per heavy atom. The number of ether oxygens (including phenoxy) is 1. The molecular weight excluding hydrogens is 214 g/mol.